The van der Waals surface area contributed by atoms with Gasteiger partial charge in [-0.05, 0) is 36.4 Å². The van der Waals surface area contributed by atoms with Crippen molar-refractivity contribution in [1.29, 1.82) is 5.26 Å². The molecular formula is C16H9F2N3. The molecule has 1 heterocycles. The van der Waals surface area contributed by atoms with Crippen LogP contribution in [-0.4, -0.2) is 4.98 Å². The number of pyridine rings is 1. The van der Waals surface area contributed by atoms with E-state index in [0.29, 0.717) is 22.3 Å². The second kappa shape index (κ2) is 5.17. The minimum absolute atomic E-state index is 0.261. The molecule has 3 nitrogen and oxygen atoms in total. The van der Waals surface area contributed by atoms with E-state index in [2.05, 4.69) is 10.3 Å². The Morgan fingerprint density at radius 1 is 1.05 bits per heavy atom. The summed E-state index contributed by atoms with van der Waals surface area (Å²) in [7, 11) is 0. The van der Waals surface area contributed by atoms with Crippen LogP contribution in [0.3, 0.4) is 0 Å². The number of nitriles is 1. The number of aromatic nitrogens is 1. The molecule has 0 aliphatic rings. The molecule has 0 atom stereocenters. The lowest BCUT2D eigenvalue weighted by Crippen LogP contribution is -1.97. The summed E-state index contributed by atoms with van der Waals surface area (Å²) >= 11 is 0. The van der Waals surface area contributed by atoms with Gasteiger partial charge in [-0.15, -0.1) is 0 Å². The Labute approximate surface area is 119 Å². The number of halogens is 2. The van der Waals surface area contributed by atoms with Gasteiger partial charge in [0.2, 0.25) is 0 Å². The van der Waals surface area contributed by atoms with E-state index in [1.165, 1.54) is 36.5 Å². The molecule has 3 aromatic rings. The molecule has 0 aliphatic carbocycles. The summed E-state index contributed by atoms with van der Waals surface area (Å²) in [5.41, 5.74) is 1.70. The van der Waals surface area contributed by atoms with Crippen LogP contribution in [0.5, 0.6) is 0 Å². The predicted octanol–water partition coefficient (Wildman–Crippen LogP) is 4.13. The lowest BCUT2D eigenvalue weighted by atomic mass is 10.1. The zero-order valence-corrected chi connectivity index (χ0v) is 10.8. The molecule has 21 heavy (non-hydrogen) atoms. The number of benzene rings is 2. The monoisotopic (exact) mass is 281 g/mol. The standard InChI is InChI=1S/C16H9F2N3/c17-11-2-1-3-13(6-11)21-16-10(8-19)9-20-15-5-4-12(18)7-14(15)16/h1-7,9H,(H,20,21). The van der Waals surface area contributed by atoms with Gasteiger partial charge >= 0.3 is 0 Å². The minimum atomic E-state index is -0.429. The molecular weight excluding hydrogens is 272 g/mol. The zero-order valence-electron chi connectivity index (χ0n) is 10.8. The summed E-state index contributed by atoms with van der Waals surface area (Å²) in [4.78, 5) is 4.11. The van der Waals surface area contributed by atoms with E-state index in [1.807, 2.05) is 6.07 Å². The highest BCUT2D eigenvalue weighted by molar-refractivity contribution is 5.95. The fourth-order valence-corrected chi connectivity index (χ4v) is 2.09. The number of anilines is 2. The van der Waals surface area contributed by atoms with Gasteiger partial charge in [-0.2, -0.15) is 5.26 Å². The summed E-state index contributed by atoms with van der Waals surface area (Å²) in [6.07, 6.45) is 1.40. The average Bonchev–Trinajstić information content (AvgIpc) is 2.48. The fraction of sp³-hybridized carbons (Fsp3) is 0. The van der Waals surface area contributed by atoms with E-state index in [9.17, 15) is 14.0 Å². The maximum Gasteiger partial charge on any atom is 0.125 e. The lowest BCUT2D eigenvalue weighted by molar-refractivity contribution is 0.628. The summed E-state index contributed by atoms with van der Waals surface area (Å²) in [6, 6.07) is 12.0. The molecule has 0 unspecified atom stereocenters. The molecule has 0 bridgehead atoms. The Bertz CT molecular complexity index is 869. The van der Waals surface area contributed by atoms with Crippen molar-refractivity contribution in [2.75, 3.05) is 5.32 Å². The number of hydrogen-bond donors (Lipinski definition) is 1. The van der Waals surface area contributed by atoms with E-state index in [4.69, 9.17) is 0 Å². The molecule has 0 amide bonds. The van der Waals surface area contributed by atoms with Gasteiger partial charge in [-0.25, -0.2) is 8.78 Å². The van der Waals surface area contributed by atoms with Gasteiger partial charge in [-0.1, -0.05) is 6.07 Å². The Morgan fingerprint density at radius 2 is 1.86 bits per heavy atom. The second-order valence-corrected chi connectivity index (χ2v) is 4.46. The first-order valence-corrected chi connectivity index (χ1v) is 6.18. The molecule has 3 rings (SSSR count). The average molecular weight is 281 g/mol. The first kappa shape index (κ1) is 13.0. The summed E-state index contributed by atoms with van der Waals surface area (Å²) in [5, 5.41) is 12.6. The molecule has 2 aromatic carbocycles. The van der Waals surface area contributed by atoms with Crippen molar-refractivity contribution in [2.24, 2.45) is 0 Å². The van der Waals surface area contributed by atoms with Gasteiger partial charge in [0.25, 0.3) is 0 Å². The first-order chi connectivity index (χ1) is 10.2. The maximum atomic E-state index is 13.5. The largest absolute Gasteiger partial charge is 0.354 e. The van der Waals surface area contributed by atoms with Gasteiger partial charge in [0.05, 0.1) is 16.8 Å². The van der Waals surface area contributed by atoms with E-state index in [-0.39, 0.29) is 5.56 Å². The van der Waals surface area contributed by atoms with Crippen LogP contribution in [0.4, 0.5) is 20.2 Å². The Balaban J connectivity index is 2.19. The second-order valence-electron chi connectivity index (χ2n) is 4.46. The van der Waals surface area contributed by atoms with E-state index in [1.54, 1.807) is 12.1 Å². The van der Waals surface area contributed by atoms with Crippen LogP contribution in [-0.2, 0) is 0 Å². The maximum absolute atomic E-state index is 13.5. The molecule has 0 radical (unpaired) electrons. The zero-order chi connectivity index (χ0) is 14.8. The van der Waals surface area contributed by atoms with E-state index < -0.39 is 11.6 Å². The van der Waals surface area contributed by atoms with Crippen LogP contribution in [0.25, 0.3) is 10.9 Å². The minimum Gasteiger partial charge on any atom is -0.354 e. The predicted molar refractivity (Wildman–Crippen MR) is 76.1 cm³/mol. The molecule has 1 N–H and O–H groups in total. The Hall–Kier alpha value is -3.00. The molecule has 0 saturated heterocycles. The summed E-state index contributed by atoms with van der Waals surface area (Å²) < 4.78 is 26.7. The number of nitrogens with zero attached hydrogens (tertiary/aromatic N) is 2. The van der Waals surface area contributed by atoms with Crippen LogP contribution in [0.15, 0.2) is 48.7 Å². The highest BCUT2D eigenvalue weighted by atomic mass is 19.1. The van der Waals surface area contributed by atoms with Crippen molar-refractivity contribution in [3.05, 3.63) is 65.9 Å². The lowest BCUT2D eigenvalue weighted by Gasteiger charge is -2.11. The van der Waals surface area contributed by atoms with Crippen LogP contribution < -0.4 is 5.32 Å². The number of fused-ring (bicyclic) bond motifs is 1. The smallest absolute Gasteiger partial charge is 0.125 e. The quantitative estimate of drug-likeness (QED) is 0.768. The van der Waals surface area contributed by atoms with Crippen molar-refractivity contribution in [2.45, 2.75) is 0 Å². The highest BCUT2D eigenvalue weighted by Gasteiger charge is 2.10. The fourth-order valence-electron chi connectivity index (χ4n) is 2.09. The van der Waals surface area contributed by atoms with E-state index >= 15 is 0 Å². The third-order valence-corrected chi connectivity index (χ3v) is 3.04. The number of nitrogens with one attached hydrogen (secondary N) is 1. The molecule has 0 fully saturated rings. The van der Waals surface area contributed by atoms with Crippen molar-refractivity contribution >= 4 is 22.3 Å². The Morgan fingerprint density at radius 3 is 2.62 bits per heavy atom. The van der Waals surface area contributed by atoms with Crippen LogP contribution >= 0.6 is 0 Å². The molecule has 1 aromatic heterocycles. The molecule has 0 spiro atoms. The summed E-state index contributed by atoms with van der Waals surface area (Å²) in [6.45, 7) is 0. The SMILES string of the molecule is N#Cc1cnc2ccc(F)cc2c1Nc1cccc(F)c1. The van der Waals surface area contributed by atoms with E-state index in [0.717, 1.165) is 0 Å². The van der Waals surface area contributed by atoms with Crippen LogP contribution in [0, 0.1) is 23.0 Å². The summed E-state index contributed by atoms with van der Waals surface area (Å²) in [5.74, 6) is -0.829. The van der Waals surface area contributed by atoms with Gasteiger partial charge < -0.3 is 5.32 Å². The third-order valence-electron chi connectivity index (χ3n) is 3.04. The molecule has 0 aliphatic heterocycles. The topological polar surface area (TPSA) is 48.7 Å². The van der Waals surface area contributed by atoms with Gasteiger partial charge in [0.1, 0.15) is 17.7 Å². The first-order valence-electron chi connectivity index (χ1n) is 6.18. The third kappa shape index (κ3) is 2.51. The van der Waals surface area contributed by atoms with Crippen LogP contribution in [0.1, 0.15) is 5.56 Å². The normalized spacial score (nSPS) is 10.3. The van der Waals surface area contributed by atoms with Gasteiger partial charge in [0.15, 0.2) is 0 Å². The molecule has 0 saturated carbocycles. The van der Waals surface area contributed by atoms with Gasteiger partial charge in [0, 0.05) is 17.3 Å². The number of rotatable bonds is 2. The van der Waals surface area contributed by atoms with Gasteiger partial charge in [-0.3, -0.25) is 4.98 Å². The van der Waals surface area contributed by atoms with Crippen LogP contribution in [0.2, 0.25) is 0 Å². The Kier molecular flexibility index (Phi) is 3.20. The number of hydrogen-bond acceptors (Lipinski definition) is 3. The van der Waals surface area contributed by atoms with Crippen molar-refractivity contribution < 1.29 is 8.78 Å². The molecule has 5 heteroatoms. The van der Waals surface area contributed by atoms with Crippen molar-refractivity contribution in [1.82, 2.24) is 4.98 Å². The highest BCUT2D eigenvalue weighted by Crippen LogP contribution is 2.29. The van der Waals surface area contributed by atoms with Crippen molar-refractivity contribution in [3.8, 4) is 6.07 Å². The van der Waals surface area contributed by atoms with Crippen molar-refractivity contribution in [3.63, 3.8) is 0 Å². The molecule has 102 valence electrons.